The average molecular weight is 186 g/mol. The van der Waals surface area contributed by atoms with Crippen molar-refractivity contribution in [2.75, 3.05) is 13.1 Å². The Labute approximate surface area is 80.7 Å². The molecule has 1 rings (SSSR count). The molecular weight excluding hydrogens is 164 g/mol. The molecule has 2 atom stereocenters. The minimum Gasteiger partial charge on any atom is -0.392 e. The van der Waals surface area contributed by atoms with Crippen LogP contribution in [0.1, 0.15) is 38.5 Å². The standard InChI is InChI=1S/C10H22N2O/c11-7-3-4-8-12-9-5-1-2-6-10(9)13/h9-10,12-13H,1-8,11H2/t9-,10-/m0/s1. The fourth-order valence-corrected chi connectivity index (χ4v) is 1.91. The molecule has 1 aliphatic rings. The van der Waals surface area contributed by atoms with Crippen LogP contribution in [-0.2, 0) is 0 Å². The van der Waals surface area contributed by atoms with Crippen molar-refractivity contribution >= 4 is 0 Å². The minimum absolute atomic E-state index is 0.119. The van der Waals surface area contributed by atoms with E-state index in [1.165, 1.54) is 12.8 Å². The van der Waals surface area contributed by atoms with E-state index < -0.39 is 0 Å². The Morgan fingerprint density at radius 1 is 1.23 bits per heavy atom. The molecule has 0 spiro atoms. The average Bonchev–Trinajstić information content (AvgIpc) is 2.15. The molecule has 3 heteroatoms. The minimum atomic E-state index is -0.119. The number of unbranched alkanes of at least 4 members (excludes halogenated alkanes) is 1. The van der Waals surface area contributed by atoms with Crippen molar-refractivity contribution in [1.82, 2.24) is 5.32 Å². The second-order valence-electron chi connectivity index (χ2n) is 3.91. The number of rotatable bonds is 5. The van der Waals surface area contributed by atoms with Crippen LogP contribution in [0.4, 0.5) is 0 Å². The molecule has 1 fully saturated rings. The van der Waals surface area contributed by atoms with Gasteiger partial charge in [-0.25, -0.2) is 0 Å². The fourth-order valence-electron chi connectivity index (χ4n) is 1.91. The monoisotopic (exact) mass is 186 g/mol. The summed E-state index contributed by atoms with van der Waals surface area (Å²) in [7, 11) is 0. The lowest BCUT2D eigenvalue weighted by atomic mass is 9.92. The number of nitrogens with one attached hydrogen (secondary N) is 1. The molecule has 0 heterocycles. The summed E-state index contributed by atoms with van der Waals surface area (Å²) >= 11 is 0. The van der Waals surface area contributed by atoms with Crippen molar-refractivity contribution in [1.29, 1.82) is 0 Å². The highest BCUT2D eigenvalue weighted by Crippen LogP contribution is 2.18. The fraction of sp³-hybridized carbons (Fsp3) is 1.00. The lowest BCUT2D eigenvalue weighted by molar-refractivity contribution is 0.0910. The summed E-state index contributed by atoms with van der Waals surface area (Å²) < 4.78 is 0. The first-order valence-electron chi connectivity index (χ1n) is 5.46. The van der Waals surface area contributed by atoms with Gasteiger partial charge in [-0.15, -0.1) is 0 Å². The van der Waals surface area contributed by atoms with Crippen LogP contribution in [0.25, 0.3) is 0 Å². The van der Waals surface area contributed by atoms with E-state index in [1.807, 2.05) is 0 Å². The lowest BCUT2D eigenvalue weighted by Gasteiger charge is -2.28. The molecule has 0 aromatic rings. The smallest absolute Gasteiger partial charge is 0.0693 e. The summed E-state index contributed by atoms with van der Waals surface area (Å²) in [6, 6.07) is 0.339. The summed E-state index contributed by atoms with van der Waals surface area (Å²) in [6.07, 6.45) is 6.62. The van der Waals surface area contributed by atoms with Crippen LogP contribution in [0.15, 0.2) is 0 Å². The van der Waals surface area contributed by atoms with E-state index in [0.717, 1.165) is 38.8 Å². The Bertz CT molecular complexity index is 130. The van der Waals surface area contributed by atoms with Crippen LogP contribution in [0.3, 0.4) is 0 Å². The number of aliphatic hydroxyl groups excluding tert-OH is 1. The second kappa shape index (κ2) is 6.35. The van der Waals surface area contributed by atoms with Gasteiger partial charge in [0.25, 0.3) is 0 Å². The van der Waals surface area contributed by atoms with Gasteiger partial charge in [-0.2, -0.15) is 0 Å². The molecule has 0 aromatic heterocycles. The topological polar surface area (TPSA) is 58.3 Å². The highest BCUT2D eigenvalue weighted by Gasteiger charge is 2.21. The molecule has 0 saturated heterocycles. The zero-order valence-electron chi connectivity index (χ0n) is 8.34. The first-order chi connectivity index (χ1) is 6.34. The highest BCUT2D eigenvalue weighted by molar-refractivity contribution is 4.79. The maximum absolute atomic E-state index is 9.64. The highest BCUT2D eigenvalue weighted by atomic mass is 16.3. The number of hydrogen-bond donors (Lipinski definition) is 3. The number of nitrogens with two attached hydrogens (primary N) is 1. The molecule has 0 amide bonds. The van der Waals surface area contributed by atoms with Crippen molar-refractivity contribution in [3.63, 3.8) is 0 Å². The van der Waals surface area contributed by atoms with Crippen molar-refractivity contribution < 1.29 is 5.11 Å². The molecule has 0 aromatic carbocycles. The van der Waals surface area contributed by atoms with Crippen molar-refractivity contribution in [2.24, 2.45) is 5.73 Å². The maximum Gasteiger partial charge on any atom is 0.0693 e. The molecule has 1 aliphatic carbocycles. The number of aliphatic hydroxyl groups is 1. The van der Waals surface area contributed by atoms with Crippen LogP contribution < -0.4 is 11.1 Å². The van der Waals surface area contributed by atoms with Gasteiger partial charge in [0, 0.05) is 6.04 Å². The normalized spacial score (nSPS) is 29.1. The molecule has 0 bridgehead atoms. The number of hydrogen-bond acceptors (Lipinski definition) is 3. The van der Waals surface area contributed by atoms with E-state index >= 15 is 0 Å². The van der Waals surface area contributed by atoms with Crippen LogP contribution in [-0.4, -0.2) is 30.3 Å². The van der Waals surface area contributed by atoms with Gasteiger partial charge in [0.2, 0.25) is 0 Å². The first-order valence-corrected chi connectivity index (χ1v) is 5.46. The summed E-state index contributed by atoms with van der Waals surface area (Å²) in [5.74, 6) is 0. The third-order valence-corrected chi connectivity index (χ3v) is 2.77. The largest absolute Gasteiger partial charge is 0.392 e. The predicted molar refractivity (Wildman–Crippen MR) is 54.6 cm³/mol. The van der Waals surface area contributed by atoms with Gasteiger partial charge in [-0.05, 0) is 38.8 Å². The van der Waals surface area contributed by atoms with Crippen molar-refractivity contribution in [3.8, 4) is 0 Å². The zero-order chi connectivity index (χ0) is 9.52. The Balaban J connectivity index is 2.05. The maximum atomic E-state index is 9.64. The van der Waals surface area contributed by atoms with E-state index in [9.17, 15) is 5.11 Å². The van der Waals surface area contributed by atoms with Gasteiger partial charge in [-0.3, -0.25) is 0 Å². The molecule has 3 nitrogen and oxygen atoms in total. The molecular formula is C10H22N2O. The Hall–Kier alpha value is -0.120. The van der Waals surface area contributed by atoms with E-state index in [4.69, 9.17) is 5.73 Å². The third kappa shape index (κ3) is 4.07. The summed E-state index contributed by atoms with van der Waals surface area (Å²) in [6.45, 7) is 1.77. The van der Waals surface area contributed by atoms with E-state index in [2.05, 4.69) is 5.32 Å². The summed E-state index contributed by atoms with van der Waals surface area (Å²) in [5.41, 5.74) is 5.40. The molecule has 0 radical (unpaired) electrons. The van der Waals surface area contributed by atoms with E-state index in [1.54, 1.807) is 0 Å². The summed E-state index contributed by atoms with van der Waals surface area (Å²) in [5, 5.41) is 13.0. The van der Waals surface area contributed by atoms with Gasteiger partial charge in [0.15, 0.2) is 0 Å². The van der Waals surface area contributed by atoms with Crippen LogP contribution in [0, 0.1) is 0 Å². The van der Waals surface area contributed by atoms with Gasteiger partial charge in [-0.1, -0.05) is 12.8 Å². The molecule has 1 saturated carbocycles. The van der Waals surface area contributed by atoms with Crippen LogP contribution in [0.2, 0.25) is 0 Å². The van der Waals surface area contributed by atoms with Gasteiger partial charge < -0.3 is 16.2 Å². The molecule has 0 aliphatic heterocycles. The first kappa shape index (κ1) is 11.0. The van der Waals surface area contributed by atoms with Crippen LogP contribution in [0.5, 0.6) is 0 Å². The Morgan fingerprint density at radius 2 is 2.00 bits per heavy atom. The third-order valence-electron chi connectivity index (χ3n) is 2.77. The lowest BCUT2D eigenvalue weighted by Crippen LogP contribution is -2.42. The predicted octanol–water partition coefficient (Wildman–Crippen LogP) is 0.618. The van der Waals surface area contributed by atoms with Gasteiger partial charge in [0.05, 0.1) is 6.10 Å². The zero-order valence-corrected chi connectivity index (χ0v) is 8.34. The molecule has 0 unspecified atom stereocenters. The quantitative estimate of drug-likeness (QED) is 0.552. The Morgan fingerprint density at radius 3 is 2.69 bits per heavy atom. The Kier molecular flexibility index (Phi) is 5.35. The molecule has 4 N–H and O–H groups in total. The second-order valence-corrected chi connectivity index (χ2v) is 3.91. The molecule has 13 heavy (non-hydrogen) atoms. The summed E-state index contributed by atoms with van der Waals surface area (Å²) in [4.78, 5) is 0. The van der Waals surface area contributed by atoms with Gasteiger partial charge in [0.1, 0.15) is 0 Å². The van der Waals surface area contributed by atoms with E-state index in [0.29, 0.717) is 6.04 Å². The van der Waals surface area contributed by atoms with Crippen molar-refractivity contribution in [2.45, 2.75) is 50.7 Å². The molecule has 78 valence electrons. The van der Waals surface area contributed by atoms with Gasteiger partial charge >= 0.3 is 0 Å². The van der Waals surface area contributed by atoms with Crippen LogP contribution >= 0.6 is 0 Å². The SMILES string of the molecule is NCCCCN[C@H]1CCCC[C@@H]1O. The van der Waals surface area contributed by atoms with E-state index in [-0.39, 0.29) is 6.10 Å². The van der Waals surface area contributed by atoms with Crippen molar-refractivity contribution in [3.05, 3.63) is 0 Å².